The molecule has 0 unspecified atom stereocenters. The Morgan fingerprint density at radius 2 is 1.75 bits per heavy atom. The van der Waals surface area contributed by atoms with Crippen molar-refractivity contribution in [3.05, 3.63) is 82.4 Å². The van der Waals surface area contributed by atoms with Crippen molar-refractivity contribution in [2.45, 2.75) is 71.5 Å². The first kappa shape index (κ1) is 21.2. The molecule has 0 spiro atoms. The molecule has 2 fully saturated rings. The summed E-state index contributed by atoms with van der Waals surface area (Å²) in [6, 6.07) is 15.8. The highest BCUT2D eigenvalue weighted by Gasteiger charge is 2.42. The van der Waals surface area contributed by atoms with Crippen LogP contribution in [0.3, 0.4) is 0 Å². The Morgan fingerprint density at radius 3 is 2.44 bits per heavy atom. The average Bonchev–Trinajstić information content (AvgIpc) is 3.49. The van der Waals surface area contributed by atoms with E-state index >= 15 is 0 Å². The van der Waals surface area contributed by atoms with Crippen LogP contribution in [0.25, 0.3) is 0 Å². The van der Waals surface area contributed by atoms with Gasteiger partial charge in [0.15, 0.2) is 5.11 Å². The molecule has 0 radical (unpaired) electrons. The van der Waals surface area contributed by atoms with E-state index in [0.29, 0.717) is 6.04 Å². The van der Waals surface area contributed by atoms with E-state index in [9.17, 15) is 0 Å². The van der Waals surface area contributed by atoms with Gasteiger partial charge in [-0.3, -0.25) is 4.98 Å². The first-order chi connectivity index (χ1) is 15.5. The maximum absolute atomic E-state index is 5.92. The lowest BCUT2D eigenvalue weighted by Crippen LogP contribution is -2.29. The molecule has 2 aromatic heterocycles. The smallest absolute Gasteiger partial charge is 0.174 e. The molecule has 1 aliphatic heterocycles. The Hall–Kier alpha value is -2.66. The lowest BCUT2D eigenvalue weighted by atomic mass is 9.96. The van der Waals surface area contributed by atoms with E-state index in [1.54, 1.807) is 0 Å². The van der Waals surface area contributed by atoms with Gasteiger partial charge < -0.3 is 14.8 Å². The van der Waals surface area contributed by atoms with Gasteiger partial charge in [0.2, 0.25) is 0 Å². The van der Waals surface area contributed by atoms with E-state index < -0.39 is 0 Å². The van der Waals surface area contributed by atoms with E-state index in [1.807, 2.05) is 12.3 Å². The number of aryl methyl sites for hydroxylation is 3. The molecule has 1 aromatic carbocycles. The van der Waals surface area contributed by atoms with E-state index in [-0.39, 0.29) is 12.1 Å². The highest BCUT2D eigenvalue weighted by Crippen LogP contribution is 2.45. The zero-order valence-electron chi connectivity index (χ0n) is 19.4. The topological polar surface area (TPSA) is 33.1 Å². The molecule has 3 aromatic rings. The normalized spacial score (nSPS) is 21.4. The predicted molar refractivity (Wildman–Crippen MR) is 135 cm³/mol. The molecular formula is C27H32N4S. The van der Waals surface area contributed by atoms with Gasteiger partial charge in [0, 0.05) is 29.3 Å². The van der Waals surface area contributed by atoms with Crippen molar-refractivity contribution >= 4 is 23.0 Å². The van der Waals surface area contributed by atoms with Crippen LogP contribution in [0.4, 0.5) is 5.69 Å². The van der Waals surface area contributed by atoms with Crippen molar-refractivity contribution in [3.8, 4) is 0 Å². The Labute approximate surface area is 196 Å². The second-order valence-electron chi connectivity index (χ2n) is 9.40. The van der Waals surface area contributed by atoms with Gasteiger partial charge in [-0.25, -0.2) is 0 Å². The van der Waals surface area contributed by atoms with E-state index in [0.717, 1.165) is 16.5 Å². The van der Waals surface area contributed by atoms with Crippen LogP contribution in [0.2, 0.25) is 0 Å². The first-order valence-corrected chi connectivity index (χ1v) is 12.1. The highest BCUT2D eigenvalue weighted by molar-refractivity contribution is 7.80. The Morgan fingerprint density at radius 1 is 0.969 bits per heavy atom. The fourth-order valence-electron chi connectivity index (χ4n) is 5.65. The summed E-state index contributed by atoms with van der Waals surface area (Å²) in [6.45, 7) is 8.87. The molecule has 5 heteroatoms. The van der Waals surface area contributed by atoms with Gasteiger partial charge >= 0.3 is 0 Å². The lowest BCUT2D eigenvalue weighted by molar-refractivity contribution is 0.494. The molecule has 2 aliphatic rings. The summed E-state index contributed by atoms with van der Waals surface area (Å²) in [7, 11) is 0. The molecule has 1 saturated heterocycles. The molecule has 5 rings (SSSR count). The number of benzene rings is 1. The highest BCUT2D eigenvalue weighted by atomic mass is 32.1. The molecule has 0 amide bonds. The third kappa shape index (κ3) is 3.53. The molecule has 1 N–H and O–H groups in total. The maximum atomic E-state index is 5.92. The van der Waals surface area contributed by atoms with Crippen LogP contribution in [-0.4, -0.2) is 14.7 Å². The number of anilines is 1. The monoisotopic (exact) mass is 444 g/mol. The molecule has 3 heterocycles. The minimum Gasteiger partial charge on any atom is -0.351 e. The Bertz CT molecular complexity index is 1140. The van der Waals surface area contributed by atoms with Crippen LogP contribution in [0.1, 0.15) is 77.6 Å². The number of aromatic nitrogens is 2. The molecule has 32 heavy (non-hydrogen) atoms. The number of nitrogens with zero attached hydrogens (tertiary/aromatic N) is 3. The number of nitrogens with one attached hydrogen (secondary N) is 1. The molecular weight excluding hydrogens is 412 g/mol. The average molecular weight is 445 g/mol. The largest absolute Gasteiger partial charge is 0.351 e. The number of thiocarbonyl (C=S) groups is 1. The van der Waals surface area contributed by atoms with E-state index in [4.69, 9.17) is 17.2 Å². The zero-order valence-corrected chi connectivity index (χ0v) is 20.2. The number of pyridine rings is 1. The summed E-state index contributed by atoms with van der Waals surface area (Å²) in [4.78, 5) is 7.02. The quantitative estimate of drug-likeness (QED) is 0.472. The summed E-state index contributed by atoms with van der Waals surface area (Å²) in [5.41, 5.74) is 8.79. The number of hydrogen-bond acceptors (Lipinski definition) is 2. The van der Waals surface area contributed by atoms with Crippen molar-refractivity contribution in [1.82, 2.24) is 14.9 Å². The third-order valence-electron chi connectivity index (χ3n) is 7.40. The van der Waals surface area contributed by atoms with Crippen molar-refractivity contribution in [2.75, 3.05) is 4.90 Å². The van der Waals surface area contributed by atoms with Gasteiger partial charge in [-0.15, -0.1) is 0 Å². The molecule has 1 saturated carbocycles. The van der Waals surface area contributed by atoms with Crippen molar-refractivity contribution < 1.29 is 0 Å². The van der Waals surface area contributed by atoms with E-state index in [2.05, 4.69) is 78.9 Å². The Kier molecular flexibility index (Phi) is 5.54. The van der Waals surface area contributed by atoms with Gasteiger partial charge in [-0.05, 0) is 99.8 Å². The van der Waals surface area contributed by atoms with Crippen LogP contribution >= 0.6 is 12.2 Å². The van der Waals surface area contributed by atoms with Gasteiger partial charge in [0.1, 0.15) is 0 Å². The molecule has 1 aliphatic carbocycles. The van der Waals surface area contributed by atoms with Gasteiger partial charge in [0.05, 0.1) is 17.8 Å². The summed E-state index contributed by atoms with van der Waals surface area (Å²) >= 11 is 5.92. The summed E-state index contributed by atoms with van der Waals surface area (Å²) in [5, 5.41) is 4.38. The number of hydrogen-bond donors (Lipinski definition) is 1. The number of rotatable bonds is 4. The third-order valence-corrected chi connectivity index (χ3v) is 7.71. The van der Waals surface area contributed by atoms with Gasteiger partial charge in [0.25, 0.3) is 0 Å². The van der Waals surface area contributed by atoms with Crippen LogP contribution < -0.4 is 10.2 Å². The summed E-state index contributed by atoms with van der Waals surface area (Å²) in [5.74, 6) is 0. The van der Waals surface area contributed by atoms with Crippen LogP contribution in [0, 0.1) is 27.7 Å². The lowest BCUT2D eigenvalue weighted by Gasteiger charge is -2.29. The van der Waals surface area contributed by atoms with Crippen LogP contribution in [0.15, 0.2) is 48.7 Å². The maximum Gasteiger partial charge on any atom is 0.174 e. The van der Waals surface area contributed by atoms with Crippen molar-refractivity contribution in [1.29, 1.82) is 0 Å². The fourth-order valence-corrected chi connectivity index (χ4v) is 6.00. The standard InChI is InChI=1S/C27H32N4S/c1-17-12-13-22(15-18(17)2)31-26(25(29-27(31)32)24-11-7-8-14-28-24)23-16-19(3)30(20(23)4)21-9-5-6-10-21/h7-8,11-16,21,25-26H,5-6,9-10H2,1-4H3,(H,29,32)/t25-,26-/m0/s1. The molecule has 4 nitrogen and oxygen atoms in total. The predicted octanol–water partition coefficient (Wildman–Crippen LogP) is 6.41. The molecule has 166 valence electrons. The van der Waals surface area contributed by atoms with Gasteiger partial charge in [-0.1, -0.05) is 25.0 Å². The minimum absolute atomic E-state index is 0.00263. The van der Waals surface area contributed by atoms with Crippen LogP contribution in [-0.2, 0) is 0 Å². The zero-order chi connectivity index (χ0) is 22.4. The van der Waals surface area contributed by atoms with Crippen molar-refractivity contribution in [2.24, 2.45) is 0 Å². The molecule has 0 bridgehead atoms. The first-order valence-electron chi connectivity index (χ1n) is 11.7. The molecule has 2 atom stereocenters. The second kappa shape index (κ2) is 8.36. The summed E-state index contributed by atoms with van der Waals surface area (Å²) in [6.07, 6.45) is 7.09. The van der Waals surface area contributed by atoms with E-state index in [1.165, 1.54) is 53.8 Å². The van der Waals surface area contributed by atoms with Crippen LogP contribution in [0.5, 0.6) is 0 Å². The Balaban J connectivity index is 1.65. The summed E-state index contributed by atoms with van der Waals surface area (Å²) < 4.78 is 2.58. The van der Waals surface area contributed by atoms with Gasteiger partial charge in [-0.2, -0.15) is 0 Å². The van der Waals surface area contributed by atoms with Crippen molar-refractivity contribution in [3.63, 3.8) is 0 Å². The minimum atomic E-state index is 0.00263. The SMILES string of the molecule is Cc1ccc(N2C(=S)N[C@@H](c3ccccn3)[C@@H]2c2cc(C)n(C3CCCC3)c2C)cc1C. The fraction of sp³-hybridized carbons (Fsp3) is 0.407. The second-order valence-corrected chi connectivity index (χ2v) is 9.79.